The van der Waals surface area contributed by atoms with Crippen LogP contribution in [0.25, 0.3) is 6.08 Å². The SMILES string of the molecule is C=CCOc1c(I)cc(/C=C2\SC(=S)N(c3ccccc3)C2=O)cc1OC. The van der Waals surface area contributed by atoms with E-state index in [4.69, 9.17) is 21.7 Å². The van der Waals surface area contributed by atoms with Gasteiger partial charge in [0.15, 0.2) is 15.8 Å². The van der Waals surface area contributed by atoms with Gasteiger partial charge in [0, 0.05) is 0 Å². The van der Waals surface area contributed by atoms with Crippen molar-refractivity contribution < 1.29 is 14.3 Å². The van der Waals surface area contributed by atoms with Gasteiger partial charge in [-0.1, -0.05) is 54.8 Å². The van der Waals surface area contributed by atoms with Crippen molar-refractivity contribution in [1.29, 1.82) is 0 Å². The maximum atomic E-state index is 12.8. The van der Waals surface area contributed by atoms with Crippen molar-refractivity contribution in [3.8, 4) is 11.5 Å². The molecule has 0 N–H and O–H groups in total. The summed E-state index contributed by atoms with van der Waals surface area (Å²) >= 11 is 8.88. The Morgan fingerprint density at radius 3 is 2.70 bits per heavy atom. The van der Waals surface area contributed by atoms with Gasteiger partial charge < -0.3 is 9.47 Å². The highest BCUT2D eigenvalue weighted by atomic mass is 127. The van der Waals surface area contributed by atoms with E-state index in [1.807, 2.05) is 48.5 Å². The normalized spacial score (nSPS) is 15.3. The van der Waals surface area contributed by atoms with Gasteiger partial charge >= 0.3 is 0 Å². The molecule has 3 rings (SSSR count). The average Bonchev–Trinajstić information content (AvgIpc) is 2.94. The standard InChI is InChI=1S/C20H16INO3S2/c1-3-9-25-18-15(21)10-13(11-16(18)24-2)12-17-19(23)22(20(26)27-17)14-7-5-4-6-8-14/h3-8,10-12H,1,9H2,2H3/b17-12-. The maximum absolute atomic E-state index is 12.8. The van der Waals surface area contributed by atoms with Gasteiger partial charge in [-0.05, 0) is 58.5 Å². The fourth-order valence-corrected chi connectivity index (χ4v) is 4.60. The van der Waals surface area contributed by atoms with E-state index in [9.17, 15) is 4.79 Å². The minimum atomic E-state index is -0.128. The molecule has 0 unspecified atom stereocenters. The van der Waals surface area contributed by atoms with Crippen LogP contribution in [-0.2, 0) is 4.79 Å². The molecule has 0 saturated carbocycles. The predicted molar refractivity (Wildman–Crippen MR) is 123 cm³/mol. The van der Waals surface area contributed by atoms with Crippen molar-refractivity contribution in [2.45, 2.75) is 0 Å². The Morgan fingerprint density at radius 2 is 2.04 bits per heavy atom. The van der Waals surface area contributed by atoms with Gasteiger partial charge in [0.1, 0.15) is 6.61 Å². The van der Waals surface area contributed by atoms with E-state index in [0.29, 0.717) is 27.3 Å². The second-order valence-electron chi connectivity index (χ2n) is 5.49. The second kappa shape index (κ2) is 8.90. The minimum Gasteiger partial charge on any atom is -0.493 e. The third-order valence-electron chi connectivity index (χ3n) is 3.70. The molecule has 1 amide bonds. The summed E-state index contributed by atoms with van der Waals surface area (Å²) in [6, 6.07) is 13.2. The number of halogens is 1. The van der Waals surface area contributed by atoms with Crippen LogP contribution < -0.4 is 14.4 Å². The topological polar surface area (TPSA) is 38.8 Å². The molecular weight excluding hydrogens is 493 g/mol. The van der Waals surface area contributed by atoms with Gasteiger partial charge in [0.2, 0.25) is 0 Å². The van der Waals surface area contributed by atoms with Gasteiger partial charge in [-0.15, -0.1) is 0 Å². The number of amides is 1. The molecule has 138 valence electrons. The third kappa shape index (κ3) is 4.36. The number of methoxy groups -OCH3 is 1. The van der Waals surface area contributed by atoms with Crippen LogP contribution in [0.2, 0.25) is 0 Å². The number of benzene rings is 2. The van der Waals surface area contributed by atoms with Gasteiger partial charge in [-0.3, -0.25) is 9.69 Å². The fraction of sp³-hybridized carbons (Fsp3) is 0.100. The van der Waals surface area contributed by atoms with Crippen LogP contribution in [0.1, 0.15) is 5.56 Å². The zero-order chi connectivity index (χ0) is 19.4. The van der Waals surface area contributed by atoms with Gasteiger partial charge in [0.05, 0.1) is 21.3 Å². The smallest absolute Gasteiger partial charge is 0.270 e. The summed E-state index contributed by atoms with van der Waals surface area (Å²) in [4.78, 5) is 15.0. The van der Waals surface area contributed by atoms with E-state index in [1.54, 1.807) is 18.1 Å². The van der Waals surface area contributed by atoms with E-state index in [1.165, 1.54) is 11.8 Å². The summed E-state index contributed by atoms with van der Waals surface area (Å²) in [6.07, 6.45) is 3.50. The zero-order valence-corrected chi connectivity index (χ0v) is 18.3. The molecule has 2 aromatic carbocycles. The van der Waals surface area contributed by atoms with Gasteiger partial charge in [0.25, 0.3) is 5.91 Å². The maximum Gasteiger partial charge on any atom is 0.270 e. The fourth-order valence-electron chi connectivity index (χ4n) is 2.52. The summed E-state index contributed by atoms with van der Waals surface area (Å²) in [6.45, 7) is 4.05. The van der Waals surface area contributed by atoms with E-state index in [2.05, 4.69) is 29.2 Å². The molecule has 1 aliphatic rings. The summed E-state index contributed by atoms with van der Waals surface area (Å²) in [5, 5.41) is 0. The van der Waals surface area contributed by atoms with E-state index in [0.717, 1.165) is 14.8 Å². The Labute approximate surface area is 181 Å². The highest BCUT2D eigenvalue weighted by Crippen LogP contribution is 2.38. The Balaban J connectivity index is 1.93. The molecule has 0 radical (unpaired) electrons. The number of rotatable bonds is 6. The Bertz CT molecular complexity index is 928. The summed E-state index contributed by atoms with van der Waals surface area (Å²) in [5.41, 5.74) is 1.61. The molecule has 0 bridgehead atoms. The molecule has 27 heavy (non-hydrogen) atoms. The van der Waals surface area contributed by atoms with Gasteiger partial charge in [-0.25, -0.2) is 0 Å². The number of hydrogen-bond acceptors (Lipinski definition) is 5. The third-order valence-corrected chi connectivity index (χ3v) is 5.81. The second-order valence-corrected chi connectivity index (χ2v) is 8.32. The first-order valence-corrected chi connectivity index (χ1v) is 10.3. The Morgan fingerprint density at radius 1 is 1.30 bits per heavy atom. The molecule has 1 saturated heterocycles. The molecule has 0 spiro atoms. The van der Waals surface area contributed by atoms with Crippen molar-refractivity contribution in [2.24, 2.45) is 0 Å². The number of thiocarbonyl (C=S) groups is 1. The lowest BCUT2D eigenvalue weighted by Crippen LogP contribution is -2.27. The minimum absolute atomic E-state index is 0.128. The van der Waals surface area contributed by atoms with Crippen molar-refractivity contribution >= 4 is 68.6 Å². The molecule has 0 aliphatic carbocycles. The first kappa shape index (κ1) is 19.9. The number of hydrogen-bond donors (Lipinski definition) is 0. The predicted octanol–water partition coefficient (Wildman–Crippen LogP) is 5.27. The first-order chi connectivity index (χ1) is 13.0. The number of nitrogens with zero attached hydrogens (tertiary/aromatic N) is 1. The van der Waals surface area contributed by atoms with E-state index >= 15 is 0 Å². The van der Waals surface area contributed by atoms with Gasteiger partial charge in [-0.2, -0.15) is 0 Å². The largest absolute Gasteiger partial charge is 0.493 e. The van der Waals surface area contributed by atoms with Crippen molar-refractivity contribution in [2.75, 3.05) is 18.6 Å². The molecule has 1 heterocycles. The van der Waals surface area contributed by atoms with Crippen LogP contribution in [-0.4, -0.2) is 23.9 Å². The number of anilines is 1. The lowest BCUT2D eigenvalue weighted by atomic mass is 10.1. The number of carbonyl (C=O) groups excluding carboxylic acids is 1. The van der Waals surface area contributed by atoms with E-state index in [-0.39, 0.29) is 5.91 Å². The molecule has 7 heteroatoms. The van der Waals surface area contributed by atoms with Crippen molar-refractivity contribution in [3.05, 3.63) is 69.2 Å². The van der Waals surface area contributed by atoms with Crippen LogP contribution in [0.5, 0.6) is 11.5 Å². The van der Waals surface area contributed by atoms with Crippen molar-refractivity contribution in [1.82, 2.24) is 0 Å². The molecular formula is C20H16INO3S2. The van der Waals surface area contributed by atoms with Crippen LogP contribution in [0.4, 0.5) is 5.69 Å². The lowest BCUT2D eigenvalue weighted by Gasteiger charge is -2.14. The quantitative estimate of drug-likeness (QED) is 0.230. The highest BCUT2D eigenvalue weighted by Gasteiger charge is 2.33. The number of ether oxygens (including phenoxy) is 2. The van der Waals surface area contributed by atoms with Crippen LogP contribution >= 0.6 is 46.6 Å². The molecule has 4 nitrogen and oxygen atoms in total. The molecule has 2 aromatic rings. The summed E-state index contributed by atoms with van der Waals surface area (Å²) < 4.78 is 12.5. The van der Waals surface area contributed by atoms with Crippen molar-refractivity contribution in [3.63, 3.8) is 0 Å². The van der Waals surface area contributed by atoms with Crippen LogP contribution in [0, 0.1) is 3.57 Å². The van der Waals surface area contributed by atoms with Crippen LogP contribution in [0.15, 0.2) is 60.0 Å². The lowest BCUT2D eigenvalue weighted by molar-refractivity contribution is -0.113. The number of para-hydroxylation sites is 1. The zero-order valence-electron chi connectivity index (χ0n) is 14.5. The van der Waals surface area contributed by atoms with E-state index < -0.39 is 0 Å². The first-order valence-electron chi connectivity index (χ1n) is 7.99. The molecule has 1 fully saturated rings. The monoisotopic (exact) mass is 509 g/mol. The number of thioether (sulfide) groups is 1. The highest BCUT2D eigenvalue weighted by molar-refractivity contribution is 14.1. The Kier molecular flexibility index (Phi) is 6.56. The molecule has 0 aromatic heterocycles. The number of carbonyl (C=O) groups is 1. The summed E-state index contributed by atoms with van der Waals surface area (Å²) in [5.74, 6) is 1.14. The average molecular weight is 509 g/mol. The molecule has 0 atom stereocenters. The molecule has 1 aliphatic heterocycles. The Hall–Kier alpha value is -1.84. The summed E-state index contributed by atoms with van der Waals surface area (Å²) in [7, 11) is 1.59. The van der Waals surface area contributed by atoms with Crippen LogP contribution in [0.3, 0.4) is 0 Å².